The van der Waals surface area contributed by atoms with Crippen LogP contribution in [0.5, 0.6) is 0 Å². The third kappa shape index (κ3) is 3.69. The first-order chi connectivity index (χ1) is 13.1. The van der Waals surface area contributed by atoms with E-state index in [9.17, 15) is 9.65 Å². The molecule has 28 heavy (non-hydrogen) atoms. The van der Waals surface area contributed by atoms with Gasteiger partial charge in [0.05, 0.1) is 11.6 Å². The number of rotatable bonds is 3. The fraction of sp³-hybridized carbons (Fsp3) is 0.400. The number of fused-ring (bicyclic) bond motifs is 1. The molecule has 0 saturated carbocycles. The molecule has 0 spiro atoms. The number of nitrogens with zero attached hydrogens (tertiary/aromatic N) is 2. The van der Waals surface area contributed by atoms with Gasteiger partial charge in [-0.05, 0) is 99.6 Å². The van der Waals surface area contributed by atoms with E-state index in [1.54, 1.807) is 12.1 Å². The Labute approximate surface area is 168 Å². The van der Waals surface area contributed by atoms with Crippen LogP contribution in [0.2, 0.25) is 0 Å². The SMILES string of the molecule is Cc1cc2c(cc1/C=C(/C#N)c1ccc(F)cc1)C(C)CC(C)(C)N2C(C)C. The number of hydrogen-bond acceptors (Lipinski definition) is 2. The number of aryl methyl sites for hydroxylation is 1. The molecule has 146 valence electrons. The minimum atomic E-state index is -0.295. The number of nitriles is 1. The van der Waals surface area contributed by atoms with E-state index in [1.165, 1.54) is 23.4 Å². The molecule has 0 bridgehead atoms. The van der Waals surface area contributed by atoms with Crippen molar-refractivity contribution in [2.45, 2.75) is 65.5 Å². The summed E-state index contributed by atoms with van der Waals surface area (Å²) in [6, 6.07) is 13.3. The molecule has 1 aliphatic rings. The Morgan fingerprint density at radius 3 is 2.46 bits per heavy atom. The Kier molecular flexibility index (Phi) is 5.35. The van der Waals surface area contributed by atoms with Crippen LogP contribution >= 0.6 is 0 Å². The highest BCUT2D eigenvalue weighted by molar-refractivity contribution is 5.90. The van der Waals surface area contributed by atoms with Gasteiger partial charge in [0.2, 0.25) is 0 Å². The van der Waals surface area contributed by atoms with Crippen molar-refractivity contribution in [3.05, 3.63) is 64.5 Å². The zero-order chi connectivity index (χ0) is 20.6. The smallest absolute Gasteiger partial charge is 0.123 e. The summed E-state index contributed by atoms with van der Waals surface area (Å²) in [7, 11) is 0. The van der Waals surface area contributed by atoms with Gasteiger partial charge in [0, 0.05) is 17.3 Å². The van der Waals surface area contributed by atoms with E-state index in [4.69, 9.17) is 0 Å². The summed E-state index contributed by atoms with van der Waals surface area (Å²) in [5, 5.41) is 9.65. The number of anilines is 1. The molecule has 1 unspecified atom stereocenters. The summed E-state index contributed by atoms with van der Waals surface area (Å²) < 4.78 is 13.2. The molecule has 3 rings (SSSR count). The van der Waals surface area contributed by atoms with Crippen molar-refractivity contribution in [2.24, 2.45) is 0 Å². The maximum atomic E-state index is 13.2. The molecule has 2 aromatic carbocycles. The molecule has 0 amide bonds. The van der Waals surface area contributed by atoms with Gasteiger partial charge in [-0.2, -0.15) is 5.26 Å². The standard InChI is InChI=1S/C25H29FN2/c1-16(2)28-24-11-17(3)20(13-23(24)18(4)14-25(28,5)6)12-21(15-27)19-7-9-22(26)10-8-19/h7-13,16,18H,14H2,1-6H3/b21-12-. The quantitative estimate of drug-likeness (QED) is 0.440. The second-order valence-corrected chi connectivity index (χ2v) is 8.83. The predicted molar refractivity (Wildman–Crippen MR) is 116 cm³/mol. The molecule has 2 nitrogen and oxygen atoms in total. The van der Waals surface area contributed by atoms with Gasteiger partial charge in [-0.15, -0.1) is 0 Å². The van der Waals surface area contributed by atoms with Gasteiger partial charge in [0.25, 0.3) is 0 Å². The van der Waals surface area contributed by atoms with Crippen LogP contribution in [0.25, 0.3) is 11.6 Å². The zero-order valence-electron chi connectivity index (χ0n) is 17.7. The van der Waals surface area contributed by atoms with Gasteiger partial charge in [-0.3, -0.25) is 0 Å². The lowest BCUT2D eigenvalue weighted by Crippen LogP contribution is -2.51. The van der Waals surface area contributed by atoms with Crippen LogP contribution in [0.15, 0.2) is 36.4 Å². The minimum Gasteiger partial charge on any atom is -0.364 e. The highest BCUT2D eigenvalue weighted by Crippen LogP contribution is 2.45. The third-order valence-electron chi connectivity index (χ3n) is 5.76. The highest BCUT2D eigenvalue weighted by Gasteiger charge is 2.37. The van der Waals surface area contributed by atoms with Crippen molar-refractivity contribution in [1.29, 1.82) is 5.26 Å². The Morgan fingerprint density at radius 2 is 1.89 bits per heavy atom. The van der Waals surface area contributed by atoms with E-state index in [0.717, 1.165) is 23.1 Å². The maximum Gasteiger partial charge on any atom is 0.123 e. The van der Waals surface area contributed by atoms with Gasteiger partial charge in [-0.25, -0.2) is 4.39 Å². The van der Waals surface area contributed by atoms with Crippen LogP contribution in [-0.2, 0) is 0 Å². The molecule has 1 aliphatic heterocycles. The largest absolute Gasteiger partial charge is 0.364 e. The van der Waals surface area contributed by atoms with Crippen molar-refractivity contribution < 1.29 is 4.39 Å². The summed E-state index contributed by atoms with van der Waals surface area (Å²) in [4.78, 5) is 2.52. The molecule has 0 aromatic heterocycles. The van der Waals surface area contributed by atoms with Gasteiger partial charge in [0.15, 0.2) is 0 Å². The van der Waals surface area contributed by atoms with Crippen LogP contribution in [-0.4, -0.2) is 11.6 Å². The number of benzene rings is 2. The predicted octanol–water partition coefficient (Wildman–Crippen LogP) is 6.70. The Bertz CT molecular complexity index is 946. The fourth-order valence-corrected chi connectivity index (χ4v) is 4.71. The highest BCUT2D eigenvalue weighted by atomic mass is 19.1. The second kappa shape index (κ2) is 7.43. The molecule has 3 heteroatoms. The lowest BCUT2D eigenvalue weighted by atomic mass is 9.78. The summed E-state index contributed by atoms with van der Waals surface area (Å²) in [5.41, 5.74) is 6.22. The average Bonchev–Trinajstić information content (AvgIpc) is 2.60. The van der Waals surface area contributed by atoms with Gasteiger partial charge >= 0.3 is 0 Å². The Morgan fingerprint density at radius 1 is 1.25 bits per heavy atom. The first-order valence-corrected chi connectivity index (χ1v) is 9.95. The lowest BCUT2D eigenvalue weighted by Gasteiger charge is -2.50. The number of hydrogen-bond donors (Lipinski definition) is 0. The molecule has 0 radical (unpaired) electrons. The van der Waals surface area contributed by atoms with E-state index in [1.807, 2.05) is 6.08 Å². The van der Waals surface area contributed by atoms with E-state index < -0.39 is 0 Å². The molecule has 0 aliphatic carbocycles. The third-order valence-corrected chi connectivity index (χ3v) is 5.76. The van der Waals surface area contributed by atoms with Crippen LogP contribution in [0.1, 0.15) is 69.2 Å². The first kappa shape index (κ1) is 20.1. The van der Waals surface area contributed by atoms with Crippen molar-refractivity contribution in [3.63, 3.8) is 0 Å². The number of halogens is 1. The number of allylic oxidation sites excluding steroid dienone is 1. The summed E-state index contributed by atoms with van der Waals surface area (Å²) >= 11 is 0. The topological polar surface area (TPSA) is 27.0 Å². The van der Waals surface area contributed by atoms with Crippen molar-refractivity contribution >= 4 is 17.3 Å². The molecular weight excluding hydrogens is 347 g/mol. The summed E-state index contributed by atoms with van der Waals surface area (Å²) in [6.07, 6.45) is 3.02. The first-order valence-electron chi connectivity index (χ1n) is 9.95. The van der Waals surface area contributed by atoms with E-state index >= 15 is 0 Å². The minimum absolute atomic E-state index is 0.107. The average molecular weight is 377 g/mol. The summed E-state index contributed by atoms with van der Waals surface area (Å²) in [6.45, 7) is 13.5. The fourth-order valence-electron chi connectivity index (χ4n) is 4.71. The Hall–Kier alpha value is -2.60. The monoisotopic (exact) mass is 376 g/mol. The van der Waals surface area contributed by atoms with Crippen molar-refractivity contribution in [1.82, 2.24) is 0 Å². The zero-order valence-corrected chi connectivity index (χ0v) is 17.7. The molecule has 1 heterocycles. The van der Waals surface area contributed by atoms with Crippen LogP contribution in [0.4, 0.5) is 10.1 Å². The van der Waals surface area contributed by atoms with E-state index in [-0.39, 0.29) is 11.4 Å². The van der Waals surface area contributed by atoms with E-state index in [0.29, 0.717) is 17.5 Å². The molecule has 0 saturated heterocycles. The molecule has 2 aromatic rings. The maximum absolute atomic E-state index is 13.2. The molecule has 1 atom stereocenters. The summed E-state index contributed by atoms with van der Waals surface area (Å²) in [5.74, 6) is 0.153. The van der Waals surface area contributed by atoms with E-state index in [2.05, 4.69) is 64.6 Å². The van der Waals surface area contributed by atoms with Crippen LogP contribution in [0, 0.1) is 24.1 Å². The van der Waals surface area contributed by atoms with Crippen molar-refractivity contribution in [3.8, 4) is 6.07 Å². The lowest BCUT2D eigenvalue weighted by molar-refractivity contribution is 0.356. The Balaban J connectivity index is 2.12. The normalized spacial score (nSPS) is 18.8. The second-order valence-electron chi connectivity index (χ2n) is 8.83. The molecule has 0 fully saturated rings. The molecular formula is C25H29FN2. The van der Waals surface area contributed by atoms with Gasteiger partial charge in [-0.1, -0.05) is 19.1 Å². The van der Waals surface area contributed by atoms with Crippen molar-refractivity contribution in [2.75, 3.05) is 4.90 Å². The van der Waals surface area contributed by atoms with Crippen LogP contribution < -0.4 is 4.90 Å². The van der Waals surface area contributed by atoms with Gasteiger partial charge < -0.3 is 4.90 Å². The van der Waals surface area contributed by atoms with Crippen LogP contribution in [0.3, 0.4) is 0 Å². The van der Waals surface area contributed by atoms with Gasteiger partial charge in [0.1, 0.15) is 5.82 Å². The molecule has 0 N–H and O–H groups in total.